The molecule has 11 heteroatoms. The fraction of sp³-hybridized carbons (Fsp3) is 0.143. The van der Waals surface area contributed by atoms with Crippen LogP contribution >= 0.6 is 0 Å². The summed E-state index contributed by atoms with van der Waals surface area (Å²) in [6.45, 7) is 0. The second-order valence-corrected chi connectivity index (χ2v) is 4.64. The number of non-ortho nitro benzene ring substituents is 1. The molecule has 0 spiro atoms. The molecule has 0 saturated heterocycles. The van der Waals surface area contributed by atoms with E-state index in [-0.39, 0.29) is 28.6 Å². The number of alkyl halides is 3. The van der Waals surface area contributed by atoms with Crippen molar-refractivity contribution in [2.45, 2.75) is 6.18 Å². The van der Waals surface area contributed by atoms with E-state index in [9.17, 15) is 28.4 Å². The summed E-state index contributed by atoms with van der Waals surface area (Å²) in [5.74, 6) is -0.483. The van der Waals surface area contributed by atoms with Gasteiger partial charge in [-0.1, -0.05) is 0 Å². The van der Waals surface area contributed by atoms with Crippen molar-refractivity contribution in [1.82, 2.24) is 4.98 Å². The third-order valence-corrected chi connectivity index (χ3v) is 2.99. The summed E-state index contributed by atoms with van der Waals surface area (Å²) in [5, 5.41) is 24.4. The Morgan fingerprint density at radius 3 is 2.64 bits per heavy atom. The van der Waals surface area contributed by atoms with Crippen LogP contribution in [-0.4, -0.2) is 28.3 Å². The first-order chi connectivity index (χ1) is 11.7. The molecule has 0 aliphatic carbocycles. The number of nitrogens with one attached hydrogen (secondary N) is 1. The Bertz CT molecular complexity index is 807. The fourth-order valence-electron chi connectivity index (χ4n) is 1.77. The molecule has 0 fully saturated rings. The predicted octanol–water partition coefficient (Wildman–Crippen LogP) is 3.17. The summed E-state index contributed by atoms with van der Waals surface area (Å²) >= 11 is 0. The molecule has 0 atom stereocenters. The van der Waals surface area contributed by atoms with Gasteiger partial charge in [0.05, 0.1) is 29.9 Å². The molecule has 1 aromatic carbocycles. The summed E-state index contributed by atoms with van der Waals surface area (Å²) in [4.78, 5) is 13.7. The molecule has 0 aliphatic heterocycles. The Morgan fingerprint density at radius 2 is 2.12 bits per heavy atom. The molecule has 0 aliphatic rings. The second kappa shape index (κ2) is 7.03. The standard InChI is InChI=1S/C14H11F3N4O4/c1-25-11-5-10(21(23)24)4-8(13(11)22)6-19-20-12-3-2-9(7-18-12)14(15,16)17/h2-7,22H,1H3,(H,18,20)/b19-6-. The van der Waals surface area contributed by atoms with E-state index in [4.69, 9.17) is 4.74 Å². The smallest absolute Gasteiger partial charge is 0.417 e. The third-order valence-electron chi connectivity index (χ3n) is 2.99. The van der Waals surface area contributed by atoms with Gasteiger partial charge >= 0.3 is 6.18 Å². The van der Waals surface area contributed by atoms with Crippen molar-refractivity contribution < 1.29 is 27.9 Å². The molecule has 8 nitrogen and oxygen atoms in total. The fourth-order valence-corrected chi connectivity index (χ4v) is 1.77. The maximum atomic E-state index is 12.4. The maximum Gasteiger partial charge on any atom is 0.417 e. The first-order valence-corrected chi connectivity index (χ1v) is 6.60. The number of ether oxygens (including phenoxy) is 1. The van der Waals surface area contributed by atoms with Crippen LogP contribution in [0.25, 0.3) is 0 Å². The van der Waals surface area contributed by atoms with Crippen LogP contribution < -0.4 is 10.2 Å². The molecule has 0 bridgehead atoms. The molecule has 2 aromatic rings. The van der Waals surface area contributed by atoms with Crippen LogP contribution in [0.1, 0.15) is 11.1 Å². The molecule has 0 unspecified atom stereocenters. The zero-order chi connectivity index (χ0) is 18.6. The number of halogens is 3. The van der Waals surface area contributed by atoms with E-state index < -0.39 is 16.7 Å². The predicted molar refractivity (Wildman–Crippen MR) is 81.8 cm³/mol. The van der Waals surface area contributed by atoms with Gasteiger partial charge in [-0.3, -0.25) is 15.5 Å². The number of nitrogens with zero attached hydrogens (tertiary/aromatic N) is 3. The number of aromatic nitrogens is 1. The third kappa shape index (κ3) is 4.34. The van der Waals surface area contributed by atoms with Gasteiger partial charge in [-0.05, 0) is 12.1 Å². The van der Waals surface area contributed by atoms with Crippen molar-refractivity contribution in [3.05, 3.63) is 51.7 Å². The number of nitro benzene ring substituents is 1. The number of hydrogen-bond donors (Lipinski definition) is 2. The molecule has 0 radical (unpaired) electrons. The van der Waals surface area contributed by atoms with Crippen LogP contribution in [0.4, 0.5) is 24.7 Å². The molecule has 0 amide bonds. The van der Waals surface area contributed by atoms with Crippen molar-refractivity contribution in [3.63, 3.8) is 0 Å². The Hall–Kier alpha value is -3.37. The van der Waals surface area contributed by atoms with Crippen molar-refractivity contribution >= 4 is 17.7 Å². The first-order valence-electron chi connectivity index (χ1n) is 6.60. The van der Waals surface area contributed by atoms with Crippen molar-refractivity contribution in [2.24, 2.45) is 5.10 Å². The summed E-state index contributed by atoms with van der Waals surface area (Å²) in [5.41, 5.74) is 1.09. The van der Waals surface area contributed by atoms with E-state index in [1.54, 1.807) is 0 Å². The van der Waals surface area contributed by atoms with Gasteiger partial charge in [-0.2, -0.15) is 18.3 Å². The highest BCUT2D eigenvalue weighted by molar-refractivity contribution is 5.86. The molecular formula is C14H11F3N4O4. The van der Waals surface area contributed by atoms with E-state index >= 15 is 0 Å². The SMILES string of the molecule is COc1cc([N+](=O)[O-])cc(/C=N\Nc2ccc(C(F)(F)F)cn2)c1O. The zero-order valence-electron chi connectivity index (χ0n) is 12.6. The number of hydrazone groups is 1. The van der Waals surface area contributed by atoms with Crippen LogP contribution in [0.5, 0.6) is 11.5 Å². The lowest BCUT2D eigenvalue weighted by atomic mass is 10.2. The van der Waals surface area contributed by atoms with Gasteiger partial charge in [0.2, 0.25) is 0 Å². The molecule has 132 valence electrons. The molecule has 2 rings (SSSR count). The molecular weight excluding hydrogens is 345 g/mol. The number of hydrogen-bond acceptors (Lipinski definition) is 7. The second-order valence-electron chi connectivity index (χ2n) is 4.64. The van der Waals surface area contributed by atoms with Crippen LogP contribution in [0, 0.1) is 10.1 Å². The number of rotatable bonds is 5. The number of anilines is 1. The van der Waals surface area contributed by atoms with E-state index in [0.717, 1.165) is 30.5 Å². The topological polar surface area (TPSA) is 110 Å². The monoisotopic (exact) mass is 356 g/mol. The minimum atomic E-state index is -4.50. The van der Waals surface area contributed by atoms with E-state index in [1.165, 1.54) is 7.11 Å². The van der Waals surface area contributed by atoms with Gasteiger partial charge in [0.25, 0.3) is 5.69 Å². The average Bonchev–Trinajstić information content (AvgIpc) is 2.55. The number of benzene rings is 1. The lowest BCUT2D eigenvalue weighted by molar-refractivity contribution is -0.385. The number of methoxy groups -OCH3 is 1. The Morgan fingerprint density at radius 1 is 1.40 bits per heavy atom. The number of aromatic hydroxyl groups is 1. The Kier molecular flexibility index (Phi) is 5.05. The van der Waals surface area contributed by atoms with Gasteiger partial charge in [0.1, 0.15) is 5.82 Å². The van der Waals surface area contributed by atoms with Crippen molar-refractivity contribution in [3.8, 4) is 11.5 Å². The van der Waals surface area contributed by atoms with E-state index in [2.05, 4.69) is 15.5 Å². The van der Waals surface area contributed by atoms with Crippen molar-refractivity contribution in [1.29, 1.82) is 0 Å². The molecule has 1 heterocycles. The van der Waals surface area contributed by atoms with Crippen LogP contribution in [0.3, 0.4) is 0 Å². The maximum absolute atomic E-state index is 12.4. The lowest BCUT2D eigenvalue weighted by Gasteiger charge is -2.07. The Balaban J connectivity index is 2.19. The highest BCUT2D eigenvalue weighted by Gasteiger charge is 2.30. The van der Waals surface area contributed by atoms with E-state index in [0.29, 0.717) is 6.20 Å². The van der Waals surface area contributed by atoms with Gasteiger partial charge in [0.15, 0.2) is 11.5 Å². The highest BCUT2D eigenvalue weighted by atomic mass is 19.4. The normalized spacial score (nSPS) is 11.5. The quantitative estimate of drug-likeness (QED) is 0.484. The largest absolute Gasteiger partial charge is 0.504 e. The van der Waals surface area contributed by atoms with Gasteiger partial charge in [-0.15, -0.1) is 0 Å². The average molecular weight is 356 g/mol. The summed E-state index contributed by atoms with van der Waals surface area (Å²) in [6.07, 6.45) is -2.82. The minimum Gasteiger partial charge on any atom is -0.504 e. The molecule has 2 N–H and O–H groups in total. The number of pyridine rings is 1. The van der Waals surface area contributed by atoms with Crippen molar-refractivity contribution in [2.75, 3.05) is 12.5 Å². The minimum absolute atomic E-state index is 0.0149. The van der Waals surface area contributed by atoms with Gasteiger partial charge < -0.3 is 9.84 Å². The van der Waals surface area contributed by atoms with Crippen LogP contribution in [0.15, 0.2) is 35.6 Å². The van der Waals surface area contributed by atoms with Crippen LogP contribution in [-0.2, 0) is 6.18 Å². The number of phenols is 1. The van der Waals surface area contributed by atoms with Crippen LogP contribution in [0.2, 0.25) is 0 Å². The van der Waals surface area contributed by atoms with E-state index in [1.807, 2.05) is 0 Å². The summed E-state index contributed by atoms with van der Waals surface area (Å²) < 4.78 is 42.1. The number of nitro groups is 1. The molecule has 0 saturated carbocycles. The number of phenolic OH excluding ortho intramolecular Hbond substituents is 1. The molecule has 1 aromatic heterocycles. The summed E-state index contributed by atoms with van der Waals surface area (Å²) in [6, 6.07) is 3.98. The highest BCUT2D eigenvalue weighted by Crippen LogP contribution is 2.33. The first kappa shape index (κ1) is 18.0. The Labute approximate surface area is 138 Å². The lowest BCUT2D eigenvalue weighted by Crippen LogP contribution is -2.05. The van der Waals surface area contributed by atoms with Gasteiger partial charge in [-0.25, -0.2) is 4.98 Å². The summed E-state index contributed by atoms with van der Waals surface area (Å²) in [7, 11) is 1.23. The zero-order valence-corrected chi connectivity index (χ0v) is 12.6. The van der Waals surface area contributed by atoms with Gasteiger partial charge in [0, 0.05) is 17.8 Å². The molecule has 25 heavy (non-hydrogen) atoms.